The number of carbonyl (C=O) groups excluding carboxylic acids is 2. The summed E-state index contributed by atoms with van der Waals surface area (Å²) in [6.07, 6.45) is -2.10. The highest BCUT2D eigenvalue weighted by atomic mass is 19.3. The van der Waals surface area contributed by atoms with Crippen molar-refractivity contribution in [3.05, 3.63) is 34.9 Å². The molecule has 0 saturated heterocycles. The number of carbonyl (C=O) groups is 2. The van der Waals surface area contributed by atoms with Crippen molar-refractivity contribution in [3.63, 3.8) is 0 Å². The van der Waals surface area contributed by atoms with Crippen LogP contribution in [0.2, 0.25) is 0 Å². The van der Waals surface area contributed by atoms with Crippen LogP contribution in [0.15, 0.2) is 34.9 Å². The van der Waals surface area contributed by atoms with Crippen LogP contribution >= 0.6 is 0 Å². The first-order valence-corrected chi connectivity index (χ1v) is 7.21. The highest BCUT2D eigenvalue weighted by Crippen LogP contribution is 2.43. The van der Waals surface area contributed by atoms with E-state index in [9.17, 15) is 18.4 Å². The van der Waals surface area contributed by atoms with Gasteiger partial charge in [-0.05, 0) is 26.3 Å². The van der Waals surface area contributed by atoms with Gasteiger partial charge in [-0.3, -0.25) is 9.69 Å². The summed E-state index contributed by atoms with van der Waals surface area (Å²) in [5.41, 5.74) is 0.497. The molecule has 0 aromatic rings. The van der Waals surface area contributed by atoms with Gasteiger partial charge in [0.25, 0.3) is 0 Å². The molecular weight excluding hydrogens is 312 g/mol. The number of allylic oxidation sites excluding steroid dienone is 2. The number of rotatable bonds is 1. The summed E-state index contributed by atoms with van der Waals surface area (Å²) in [6.45, 7) is 3.63. The number of nitrogens with zero attached hydrogens (tertiary/aromatic N) is 1. The van der Waals surface area contributed by atoms with Crippen LogP contribution in [0.25, 0.3) is 0 Å². The monoisotopic (exact) mass is 327 g/mol. The predicted octanol–water partition coefficient (Wildman–Crippen LogP) is 2.83. The van der Waals surface area contributed by atoms with Crippen molar-refractivity contribution in [2.24, 2.45) is 0 Å². The summed E-state index contributed by atoms with van der Waals surface area (Å²) >= 11 is 0. The zero-order valence-electron chi connectivity index (χ0n) is 12.6. The minimum absolute atomic E-state index is 0.141. The third kappa shape index (κ3) is 2.80. The van der Waals surface area contributed by atoms with Crippen LogP contribution in [0.1, 0.15) is 26.7 Å². The average Bonchev–Trinajstić information content (AvgIpc) is 2.71. The Morgan fingerprint density at radius 1 is 1.43 bits per heavy atom. The molecule has 0 saturated carbocycles. The van der Waals surface area contributed by atoms with Gasteiger partial charge in [0.1, 0.15) is 12.0 Å². The largest absolute Gasteiger partial charge is 0.585 e. The second-order valence-corrected chi connectivity index (χ2v) is 5.60. The van der Waals surface area contributed by atoms with E-state index in [1.807, 2.05) is 0 Å². The zero-order chi connectivity index (χ0) is 16.8. The standard InChI is InChI=1S/C15H15F2NO5/c1-8(2)22-14(20)18-5-3-4-11(19)9-6-12-10(13(9)18)7-21-15(16,17)23-12/h6-8H,3-5H2,1-2H3. The third-order valence-electron chi connectivity index (χ3n) is 3.51. The van der Waals surface area contributed by atoms with E-state index < -0.39 is 12.4 Å². The smallest absolute Gasteiger partial charge is 0.446 e. The molecule has 1 aliphatic carbocycles. The summed E-state index contributed by atoms with van der Waals surface area (Å²) in [5.74, 6) is -0.432. The van der Waals surface area contributed by atoms with E-state index in [-0.39, 0.29) is 47.5 Å². The van der Waals surface area contributed by atoms with Crippen LogP contribution in [-0.2, 0) is 19.0 Å². The number of hydrogen-bond donors (Lipinski definition) is 0. The Kier molecular flexibility index (Phi) is 3.62. The maximum atomic E-state index is 13.2. The van der Waals surface area contributed by atoms with E-state index in [0.29, 0.717) is 6.42 Å². The molecule has 3 rings (SSSR count). The van der Waals surface area contributed by atoms with Gasteiger partial charge >= 0.3 is 12.4 Å². The molecule has 0 N–H and O–H groups in total. The molecule has 0 atom stereocenters. The summed E-state index contributed by atoms with van der Waals surface area (Å²) in [4.78, 5) is 25.8. The van der Waals surface area contributed by atoms with Crippen molar-refractivity contribution in [1.29, 1.82) is 0 Å². The fourth-order valence-corrected chi connectivity index (χ4v) is 2.61. The highest BCUT2D eigenvalue weighted by Gasteiger charge is 2.45. The van der Waals surface area contributed by atoms with Gasteiger partial charge in [0.2, 0.25) is 0 Å². The molecule has 2 aliphatic heterocycles. The van der Waals surface area contributed by atoms with E-state index >= 15 is 0 Å². The van der Waals surface area contributed by atoms with Crippen molar-refractivity contribution in [2.75, 3.05) is 6.54 Å². The molecule has 0 aromatic heterocycles. The lowest BCUT2D eigenvalue weighted by Gasteiger charge is -2.28. The van der Waals surface area contributed by atoms with E-state index in [0.717, 1.165) is 6.26 Å². The summed E-state index contributed by atoms with van der Waals surface area (Å²) in [7, 11) is 0. The number of ketones is 1. The molecule has 23 heavy (non-hydrogen) atoms. The molecule has 0 spiro atoms. The normalized spacial score (nSPS) is 22.5. The fourth-order valence-electron chi connectivity index (χ4n) is 2.61. The Hall–Kier alpha value is -2.38. The van der Waals surface area contributed by atoms with Crippen LogP contribution < -0.4 is 0 Å². The molecule has 1 amide bonds. The Balaban J connectivity index is 2.01. The number of alkyl halides is 2. The second kappa shape index (κ2) is 5.36. The van der Waals surface area contributed by atoms with Crippen molar-refractivity contribution < 1.29 is 32.6 Å². The fraction of sp³-hybridized carbons (Fsp3) is 0.467. The summed E-state index contributed by atoms with van der Waals surface area (Å²) in [5, 5.41) is 0. The lowest BCUT2D eigenvalue weighted by molar-refractivity contribution is -0.361. The third-order valence-corrected chi connectivity index (χ3v) is 3.51. The summed E-state index contributed by atoms with van der Waals surface area (Å²) in [6, 6.07) is 0. The van der Waals surface area contributed by atoms with Gasteiger partial charge in [0.05, 0.1) is 17.4 Å². The molecule has 124 valence electrons. The van der Waals surface area contributed by atoms with Crippen molar-refractivity contribution in [1.82, 2.24) is 4.90 Å². The van der Waals surface area contributed by atoms with E-state index in [4.69, 9.17) is 4.74 Å². The topological polar surface area (TPSA) is 65.1 Å². The molecule has 6 nitrogen and oxygen atoms in total. The van der Waals surface area contributed by atoms with E-state index in [1.54, 1.807) is 13.8 Å². The lowest BCUT2D eigenvalue weighted by Crippen LogP contribution is -2.35. The number of hydrogen-bond acceptors (Lipinski definition) is 5. The second-order valence-electron chi connectivity index (χ2n) is 5.60. The van der Waals surface area contributed by atoms with Crippen LogP contribution in [0.3, 0.4) is 0 Å². The van der Waals surface area contributed by atoms with Crippen LogP contribution in [0, 0.1) is 0 Å². The SMILES string of the molecule is CC(C)OC(=O)N1CCCC(=O)C2=C1C1=COC(F)(F)OC1=C2. The minimum Gasteiger partial charge on any atom is -0.446 e. The average molecular weight is 327 g/mol. The summed E-state index contributed by atoms with van der Waals surface area (Å²) < 4.78 is 40.2. The Labute approximate surface area is 131 Å². The van der Waals surface area contributed by atoms with Gasteiger partial charge < -0.3 is 14.2 Å². The molecule has 0 aromatic carbocycles. The first kappa shape index (κ1) is 15.5. The van der Waals surface area contributed by atoms with Crippen LogP contribution in [0.5, 0.6) is 0 Å². The van der Waals surface area contributed by atoms with Gasteiger partial charge in [-0.2, -0.15) is 0 Å². The van der Waals surface area contributed by atoms with Gasteiger partial charge in [-0.15, -0.1) is 8.78 Å². The van der Waals surface area contributed by atoms with Crippen LogP contribution in [-0.4, -0.2) is 35.7 Å². The Morgan fingerprint density at radius 3 is 2.87 bits per heavy atom. The van der Waals surface area contributed by atoms with Gasteiger partial charge in [0, 0.05) is 18.5 Å². The van der Waals surface area contributed by atoms with E-state index in [2.05, 4.69) is 9.47 Å². The Bertz CT molecular complexity index is 663. The van der Waals surface area contributed by atoms with Crippen molar-refractivity contribution >= 4 is 11.9 Å². The Morgan fingerprint density at radius 2 is 2.17 bits per heavy atom. The van der Waals surface area contributed by atoms with Gasteiger partial charge in [-0.25, -0.2) is 4.79 Å². The quantitative estimate of drug-likeness (QED) is 0.741. The molecule has 0 bridgehead atoms. The minimum atomic E-state index is -3.80. The van der Waals surface area contributed by atoms with Gasteiger partial charge in [-0.1, -0.05) is 0 Å². The van der Waals surface area contributed by atoms with Gasteiger partial charge in [0.15, 0.2) is 5.78 Å². The molecule has 0 unspecified atom stereocenters. The molecule has 2 heterocycles. The highest BCUT2D eigenvalue weighted by molar-refractivity contribution is 6.02. The number of fused-ring (bicyclic) bond motifs is 2. The maximum Gasteiger partial charge on any atom is 0.585 e. The first-order valence-electron chi connectivity index (χ1n) is 7.21. The molecular formula is C15H15F2NO5. The lowest BCUT2D eigenvalue weighted by atomic mass is 10.1. The molecule has 0 fully saturated rings. The number of halogens is 2. The van der Waals surface area contributed by atoms with E-state index in [1.165, 1.54) is 11.0 Å². The number of amides is 1. The number of Topliss-reactive ketones (excluding diaryl/α,β-unsaturated/α-hetero) is 1. The maximum absolute atomic E-state index is 13.2. The number of ether oxygens (including phenoxy) is 3. The van der Waals surface area contributed by atoms with Crippen molar-refractivity contribution in [2.45, 2.75) is 39.1 Å². The molecule has 8 heteroatoms. The first-order chi connectivity index (χ1) is 10.8. The molecule has 3 aliphatic rings. The predicted molar refractivity (Wildman–Crippen MR) is 72.9 cm³/mol. The zero-order valence-corrected chi connectivity index (χ0v) is 12.6. The van der Waals surface area contributed by atoms with Crippen LogP contribution in [0.4, 0.5) is 13.6 Å². The molecule has 0 radical (unpaired) electrons. The van der Waals surface area contributed by atoms with Crippen molar-refractivity contribution in [3.8, 4) is 0 Å².